The van der Waals surface area contributed by atoms with Crippen molar-refractivity contribution in [3.8, 4) is 0 Å². The Bertz CT molecular complexity index is 855. The average molecular weight is 381 g/mol. The summed E-state index contributed by atoms with van der Waals surface area (Å²) in [5, 5.41) is 9.64. The van der Waals surface area contributed by atoms with Gasteiger partial charge in [0.25, 0.3) is 0 Å². The molecule has 6 nitrogen and oxygen atoms in total. The third kappa shape index (κ3) is 3.91. The first-order valence-corrected chi connectivity index (χ1v) is 10.8. The van der Waals surface area contributed by atoms with Gasteiger partial charge < -0.3 is 4.57 Å². The van der Waals surface area contributed by atoms with Crippen LogP contribution in [0.15, 0.2) is 34.3 Å². The van der Waals surface area contributed by atoms with E-state index in [9.17, 15) is 8.42 Å². The molecule has 1 saturated carbocycles. The molecular weight excluding hydrogens is 356 g/mol. The fourth-order valence-electron chi connectivity index (χ4n) is 2.61. The fourth-order valence-corrected chi connectivity index (χ4v) is 4.54. The number of nitrogens with zero attached hydrogens (tertiary/aromatic N) is 4. The highest BCUT2D eigenvalue weighted by molar-refractivity contribution is 7.98. The van der Waals surface area contributed by atoms with Gasteiger partial charge in [-0.15, -0.1) is 10.2 Å². The molecule has 0 aliphatic heterocycles. The molecule has 1 heterocycles. The lowest BCUT2D eigenvalue weighted by Crippen LogP contribution is -2.22. The molecule has 25 heavy (non-hydrogen) atoms. The molecule has 1 aromatic heterocycles. The zero-order valence-electron chi connectivity index (χ0n) is 15.0. The Kier molecular flexibility index (Phi) is 5.22. The summed E-state index contributed by atoms with van der Waals surface area (Å²) in [4.78, 5) is 0.321. The molecular formula is C17H24N4O2S2. The number of rotatable bonds is 7. The molecule has 0 unspecified atom stereocenters. The molecule has 1 aromatic carbocycles. The molecule has 1 aliphatic rings. The number of sulfonamides is 1. The van der Waals surface area contributed by atoms with Crippen LogP contribution in [0, 0.1) is 0 Å². The van der Waals surface area contributed by atoms with Crippen LogP contribution in [0.4, 0.5) is 0 Å². The molecule has 2 aromatic rings. The van der Waals surface area contributed by atoms with E-state index in [1.165, 1.54) is 17.1 Å². The number of benzene rings is 1. The van der Waals surface area contributed by atoms with E-state index in [0.29, 0.717) is 22.6 Å². The summed E-state index contributed by atoms with van der Waals surface area (Å²) in [6.45, 7) is 4.26. The Morgan fingerprint density at radius 2 is 2.00 bits per heavy atom. The highest BCUT2D eigenvalue weighted by Crippen LogP contribution is 2.40. The monoisotopic (exact) mass is 380 g/mol. The van der Waals surface area contributed by atoms with Crippen molar-refractivity contribution < 1.29 is 8.42 Å². The van der Waals surface area contributed by atoms with Gasteiger partial charge >= 0.3 is 0 Å². The van der Waals surface area contributed by atoms with E-state index < -0.39 is 10.0 Å². The normalized spacial score (nSPS) is 15.3. The van der Waals surface area contributed by atoms with Gasteiger partial charge in [-0.3, -0.25) is 0 Å². The maximum absolute atomic E-state index is 12.3. The second kappa shape index (κ2) is 7.09. The second-order valence-corrected chi connectivity index (χ2v) is 9.91. The molecule has 0 saturated heterocycles. The highest BCUT2D eigenvalue weighted by Gasteiger charge is 2.30. The quantitative estimate of drug-likeness (QED) is 0.690. The fraction of sp³-hybridized carbons (Fsp3) is 0.529. The largest absolute Gasteiger partial charge is 0.303 e. The SMILES string of the molecule is CC(C)c1nnc(SCc2cccc(S(=O)(=O)N(C)C)c2)n1C1CC1. The summed E-state index contributed by atoms with van der Waals surface area (Å²) >= 11 is 1.62. The van der Waals surface area contributed by atoms with E-state index in [1.807, 2.05) is 6.07 Å². The van der Waals surface area contributed by atoms with Crippen molar-refractivity contribution >= 4 is 21.8 Å². The van der Waals surface area contributed by atoms with Gasteiger partial charge in [0.05, 0.1) is 4.90 Å². The van der Waals surface area contributed by atoms with Crippen molar-refractivity contribution in [1.29, 1.82) is 0 Å². The molecule has 0 bridgehead atoms. The van der Waals surface area contributed by atoms with Crippen molar-refractivity contribution in [3.05, 3.63) is 35.7 Å². The van der Waals surface area contributed by atoms with Crippen LogP contribution in [0.2, 0.25) is 0 Å². The third-order valence-electron chi connectivity index (χ3n) is 4.16. The predicted molar refractivity (Wildman–Crippen MR) is 99.3 cm³/mol. The highest BCUT2D eigenvalue weighted by atomic mass is 32.2. The standard InChI is InChI=1S/C17H24N4O2S2/c1-12(2)16-18-19-17(21(16)14-8-9-14)24-11-13-6-5-7-15(10-13)25(22,23)20(3)4/h5-7,10,12,14H,8-9,11H2,1-4H3. The van der Waals surface area contributed by atoms with Crippen molar-refractivity contribution in [2.24, 2.45) is 0 Å². The van der Waals surface area contributed by atoms with E-state index in [1.54, 1.807) is 44.1 Å². The maximum atomic E-state index is 12.3. The van der Waals surface area contributed by atoms with Gasteiger partial charge in [0, 0.05) is 31.8 Å². The van der Waals surface area contributed by atoms with Crippen molar-refractivity contribution in [3.63, 3.8) is 0 Å². The second-order valence-electron chi connectivity index (χ2n) is 6.82. The molecule has 8 heteroatoms. The smallest absolute Gasteiger partial charge is 0.242 e. The van der Waals surface area contributed by atoms with Crippen molar-refractivity contribution in [1.82, 2.24) is 19.1 Å². The van der Waals surface area contributed by atoms with Crippen LogP contribution in [0.3, 0.4) is 0 Å². The zero-order valence-corrected chi connectivity index (χ0v) is 16.6. The zero-order chi connectivity index (χ0) is 18.2. The van der Waals surface area contributed by atoms with Gasteiger partial charge in [-0.05, 0) is 30.5 Å². The Morgan fingerprint density at radius 1 is 1.28 bits per heavy atom. The minimum atomic E-state index is -3.41. The van der Waals surface area contributed by atoms with Crippen molar-refractivity contribution in [2.45, 2.75) is 54.5 Å². The number of hydrogen-bond donors (Lipinski definition) is 0. The van der Waals surface area contributed by atoms with E-state index in [4.69, 9.17) is 0 Å². The Labute approximate surface area is 153 Å². The number of hydrogen-bond acceptors (Lipinski definition) is 5. The van der Waals surface area contributed by atoms with Crippen LogP contribution >= 0.6 is 11.8 Å². The lowest BCUT2D eigenvalue weighted by atomic mass is 10.2. The average Bonchev–Trinajstić information content (AvgIpc) is 3.32. The molecule has 0 radical (unpaired) electrons. The summed E-state index contributed by atoms with van der Waals surface area (Å²) in [6, 6.07) is 7.63. The third-order valence-corrected chi connectivity index (χ3v) is 6.99. The molecule has 0 atom stereocenters. The molecule has 0 N–H and O–H groups in total. The number of aromatic nitrogens is 3. The molecule has 0 amide bonds. The Morgan fingerprint density at radius 3 is 2.60 bits per heavy atom. The summed E-state index contributed by atoms with van der Waals surface area (Å²) < 4.78 is 28.1. The minimum absolute atomic E-state index is 0.321. The van der Waals surface area contributed by atoms with Crippen LogP contribution in [-0.2, 0) is 15.8 Å². The summed E-state index contributed by atoms with van der Waals surface area (Å²) in [6.07, 6.45) is 2.36. The molecule has 3 rings (SSSR count). The van der Waals surface area contributed by atoms with Gasteiger partial charge in [-0.2, -0.15) is 0 Å². The van der Waals surface area contributed by atoms with Crippen LogP contribution < -0.4 is 0 Å². The summed E-state index contributed by atoms with van der Waals surface area (Å²) in [7, 11) is -0.322. The minimum Gasteiger partial charge on any atom is -0.303 e. The number of thioether (sulfide) groups is 1. The first-order valence-electron chi connectivity index (χ1n) is 8.39. The summed E-state index contributed by atoms with van der Waals surface area (Å²) in [5.41, 5.74) is 0.962. The first kappa shape index (κ1) is 18.4. The van der Waals surface area contributed by atoms with Gasteiger partial charge in [-0.25, -0.2) is 12.7 Å². The Balaban J connectivity index is 1.79. The molecule has 136 valence electrons. The molecule has 0 spiro atoms. The van der Waals surface area contributed by atoms with Crippen molar-refractivity contribution in [2.75, 3.05) is 14.1 Å². The van der Waals surface area contributed by atoms with Gasteiger partial charge in [0.1, 0.15) is 5.82 Å². The van der Waals surface area contributed by atoms with Crippen LogP contribution in [0.1, 0.15) is 50.0 Å². The predicted octanol–water partition coefficient (Wildman–Crippen LogP) is 3.28. The van der Waals surface area contributed by atoms with Gasteiger partial charge in [0.15, 0.2) is 5.16 Å². The van der Waals surface area contributed by atoms with Gasteiger partial charge in [-0.1, -0.05) is 37.7 Å². The lowest BCUT2D eigenvalue weighted by Gasteiger charge is -2.13. The van der Waals surface area contributed by atoms with E-state index in [-0.39, 0.29) is 0 Å². The van der Waals surface area contributed by atoms with Crippen LogP contribution in [0.25, 0.3) is 0 Å². The lowest BCUT2D eigenvalue weighted by molar-refractivity contribution is 0.520. The van der Waals surface area contributed by atoms with Crippen LogP contribution in [0.5, 0.6) is 0 Å². The van der Waals surface area contributed by atoms with E-state index in [0.717, 1.165) is 16.5 Å². The Hall–Kier alpha value is -1.38. The first-order chi connectivity index (χ1) is 11.8. The topological polar surface area (TPSA) is 68.1 Å². The van der Waals surface area contributed by atoms with E-state index in [2.05, 4.69) is 28.6 Å². The summed E-state index contributed by atoms with van der Waals surface area (Å²) in [5.74, 6) is 2.05. The van der Waals surface area contributed by atoms with Crippen LogP contribution in [-0.4, -0.2) is 41.6 Å². The van der Waals surface area contributed by atoms with Gasteiger partial charge in [0.2, 0.25) is 10.0 Å². The molecule has 1 fully saturated rings. The van der Waals surface area contributed by atoms with E-state index >= 15 is 0 Å². The maximum Gasteiger partial charge on any atom is 0.242 e. The molecule has 1 aliphatic carbocycles.